The molecule has 3 nitrogen and oxygen atoms in total. The highest BCUT2D eigenvalue weighted by molar-refractivity contribution is 7.09. The topological polar surface area (TPSA) is 33.2 Å². The lowest BCUT2D eigenvalue weighted by atomic mass is 9.84. The fraction of sp³-hybridized carbons (Fsp3) is 0.667. The van der Waals surface area contributed by atoms with Gasteiger partial charge in [-0.1, -0.05) is 13.3 Å². The third kappa shape index (κ3) is 3.78. The van der Waals surface area contributed by atoms with E-state index in [9.17, 15) is 4.79 Å². The second-order valence-electron chi connectivity index (χ2n) is 6.68. The van der Waals surface area contributed by atoms with Crippen LogP contribution in [0.25, 0.3) is 6.08 Å². The lowest BCUT2D eigenvalue weighted by molar-refractivity contribution is -0.129. The van der Waals surface area contributed by atoms with Gasteiger partial charge in [0, 0.05) is 23.5 Å². The van der Waals surface area contributed by atoms with Gasteiger partial charge < -0.3 is 4.90 Å². The lowest BCUT2D eigenvalue weighted by Gasteiger charge is -2.36. The highest BCUT2D eigenvalue weighted by Crippen LogP contribution is 2.36. The minimum absolute atomic E-state index is 0.188. The van der Waals surface area contributed by atoms with Crippen molar-refractivity contribution in [3.8, 4) is 0 Å². The van der Waals surface area contributed by atoms with Gasteiger partial charge in [0.1, 0.15) is 0 Å². The number of aryl methyl sites for hydroxylation is 1. The average Bonchev–Trinajstić information content (AvgIpc) is 3.27. The van der Waals surface area contributed by atoms with Crippen molar-refractivity contribution in [3.63, 3.8) is 0 Å². The van der Waals surface area contributed by atoms with Crippen LogP contribution in [0.5, 0.6) is 0 Å². The molecule has 0 spiro atoms. The van der Waals surface area contributed by atoms with E-state index in [4.69, 9.17) is 0 Å². The summed E-state index contributed by atoms with van der Waals surface area (Å²) in [4.78, 5) is 19.2. The summed E-state index contributed by atoms with van der Waals surface area (Å²) in [6, 6.07) is 0.960. The Bertz CT molecular complexity index is 539. The third-order valence-corrected chi connectivity index (χ3v) is 5.81. The van der Waals surface area contributed by atoms with Crippen LogP contribution >= 0.6 is 11.3 Å². The third-order valence-electron chi connectivity index (χ3n) is 5.02. The van der Waals surface area contributed by atoms with Crippen LogP contribution in [0.3, 0.4) is 0 Å². The minimum Gasteiger partial charge on any atom is -0.333 e. The fourth-order valence-corrected chi connectivity index (χ4v) is 4.12. The van der Waals surface area contributed by atoms with Crippen LogP contribution in [-0.4, -0.2) is 27.9 Å². The smallest absolute Gasteiger partial charge is 0.247 e. The number of nitrogens with zero attached hydrogens (tertiary/aromatic N) is 2. The van der Waals surface area contributed by atoms with Crippen LogP contribution < -0.4 is 0 Å². The van der Waals surface area contributed by atoms with E-state index in [2.05, 4.69) is 16.8 Å². The summed E-state index contributed by atoms with van der Waals surface area (Å²) in [6.45, 7) is 4.28. The van der Waals surface area contributed by atoms with E-state index >= 15 is 0 Å². The second-order valence-corrected chi connectivity index (χ2v) is 7.75. The number of carbonyl (C=O) groups excluding carboxylic acids is 1. The molecule has 2 aliphatic rings. The SMILES string of the molecule is CCC1CCC(N(C(=O)/C=C/c2csc(C)n2)C2CC2)CC1. The first kappa shape index (κ1) is 15.7. The summed E-state index contributed by atoms with van der Waals surface area (Å²) in [5, 5.41) is 3.05. The van der Waals surface area contributed by atoms with E-state index in [1.807, 2.05) is 18.4 Å². The van der Waals surface area contributed by atoms with Crippen molar-refractivity contribution in [2.45, 2.75) is 70.9 Å². The van der Waals surface area contributed by atoms with E-state index in [1.54, 1.807) is 17.4 Å². The molecule has 0 bridgehead atoms. The Hall–Kier alpha value is -1.16. The maximum absolute atomic E-state index is 12.7. The second kappa shape index (κ2) is 6.95. The van der Waals surface area contributed by atoms with Gasteiger partial charge in [-0.25, -0.2) is 4.98 Å². The number of amides is 1. The van der Waals surface area contributed by atoms with E-state index in [0.717, 1.165) is 16.6 Å². The first-order chi connectivity index (χ1) is 10.7. The first-order valence-electron chi connectivity index (χ1n) is 8.60. The molecule has 4 heteroatoms. The van der Waals surface area contributed by atoms with Gasteiger partial charge in [-0.3, -0.25) is 4.79 Å². The van der Waals surface area contributed by atoms with Crippen LogP contribution in [0.1, 0.15) is 62.6 Å². The molecule has 3 rings (SSSR count). The number of thiazole rings is 1. The first-order valence-corrected chi connectivity index (χ1v) is 9.48. The zero-order valence-corrected chi connectivity index (χ0v) is 14.4. The van der Waals surface area contributed by atoms with E-state index in [0.29, 0.717) is 12.1 Å². The summed E-state index contributed by atoms with van der Waals surface area (Å²) < 4.78 is 0. The van der Waals surface area contributed by atoms with Crippen LogP contribution in [0, 0.1) is 12.8 Å². The van der Waals surface area contributed by atoms with Gasteiger partial charge in [-0.05, 0) is 57.4 Å². The van der Waals surface area contributed by atoms with Crippen LogP contribution in [0.2, 0.25) is 0 Å². The molecule has 1 heterocycles. The molecule has 0 aromatic carbocycles. The number of rotatable bonds is 5. The highest BCUT2D eigenvalue weighted by atomic mass is 32.1. The largest absolute Gasteiger partial charge is 0.333 e. The van der Waals surface area contributed by atoms with E-state index in [-0.39, 0.29) is 5.91 Å². The summed E-state index contributed by atoms with van der Waals surface area (Å²) in [5.41, 5.74) is 0.904. The Labute approximate surface area is 137 Å². The Morgan fingerprint density at radius 3 is 2.41 bits per heavy atom. The molecule has 0 aliphatic heterocycles. The molecule has 0 atom stereocenters. The number of hydrogen-bond donors (Lipinski definition) is 0. The monoisotopic (exact) mass is 318 g/mol. The predicted molar refractivity (Wildman–Crippen MR) is 91.8 cm³/mol. The normalized spacial score (nSPS) is 25.5. The molecular formula is C18H26N2OS. The fourth-order valence-electron chi connectivity index (χ4n) is 3.54. The Morgan fingerprint density at radius 1 is 1.27 bits per heavy atom. The van der Waals surface area contributed by atoms with Crippen molar-refractivity contribution in [2.75, 3.05) is 0 Å². The molecule has 2 saturated carbocycles. The van der Waals surface area contributed by atoms with Crippen LogP contribution in [0.4, 0.5) is 0 Å². The predicted octanol–water partition coefficient (Wildman–Crippen LogP) is 4.42. The summed E-state index contributed by atoms with van der Waals surface area (Å²) in [5.74, 6) is 1.06. The molecule has 22 heavy (non-hydrogen) atoms. The van der Waals surface area contributed by atoms with Crippen LogP contribution in [-0.2, 0) is 4.79 Å². The van der Waals surface area contributed by atoms with Gasteiger partial charge >= 0.3 is 0 Å². The molecule has 120 valence electrons. The molecule has 2 aliphatic carbocycles. The van der Waals surface area contributed by atoms with Crippen molar-refractivity contribution >= 4 is 23.3 Å². The molecular weight excluding hydrogens is 292 g/mol. The zero-order chi connectivity index (χ0) is 15.5. The molecule has 0 N–H and O–H groups in total. The van der Waals surface area contributed by atoms with Crippen molar-refractivity contribution in [1.82, 2.24) is 9.88 Å². The number of aromatic nitrogens is 1. The Kier molecular flexibility index (Phi) is 4.97. The highest BCUT2D eigenvalue weighted by Gasteiger charge is 2.37. The average molecular weight is 318 g/mol. The van der Waals surface area contributed by atoms with Crippen LogP contribution in [0.15, 0.2) is 11.5 Å². The van der Waals surface area contributed by atoms with Gasteiger partial charge in [-0.15, -0.1) is 11.3 Å². The molecule has 2 fully saturated rings. The summed E-state index contributed by atoms with van der Waals surface area (Å²) >= 11 is 1.63. The lowest BCUT2D eigenvalue weighted by Crippen LogP contribution is -2.43. The summed E-state index contributed by atoms with van der Waals surface area (Å²) in [6.07, 6.45) is 12.2. The van der Waals surface area contributed by atoms with Crippen molar-refractivity contribution < 1.29 is 4.79 Å². The van der Waals surface area contributed by atoms with Crippen molar-refractivity contribution in [1.29, 1.82) is 0 Å². The van der Waals surface area contributed by atoms with Crippen molar-refractivity contribution in [3.05, 3.63) is 22.2 Å². The van der Waals surface area contributed by atoms with Gasteiger partial charge in [0.15, 0.2) is 0 Å². The molecule has 1 amide bonds. The molecule has 0 radical (unpaired) electrons. The van der Waals surface area contributed by atoms with Gasteiger partial charge in [0.25, 0.3) is 0 Å². The molecule has 1 aromatic rings. The van der Waals surface area contributed by atoms with Gasteiger partial charge in [-0.2, -0.15) is 0 Å². The van der Waals surface area contributed by atoms with E-state index in [1.165, 1.54) is 44.9 Å². The molecule has 1 aromatic heterocycles. The maximum atomic E-state index is 12.7. The van der Waals surface area contributed by atoms with Crippen molar-refractivity contribution in [2.24, 2.45) is 5.92 Å². The quantitative estimate of drug-likeness (QED) is 0.753. The number of carbonyl (C=O) groups is 1. The van der Waals surface area contributed by atoms with E-state index < -0.39 is 0 Å². The standard InChI is InChI=1S/C18H26N2OS/c1-3-14-4-7-16(8-5-14)20(17-9-10-17)18(21)11-6-15-12-22-13(2)19-15/h6,11-12,14,16-17H,3-5,7-10H2,1-2H3/b11-6+. The Balaban J connectivity index is 1.63. The van der Waals surface area contributed by atoms with Gasteiger partial charge in [0.2, 0.25) is 5.91 Å². The molecule has 0 saturated heterocycles. The summed E-state index contributed by atoms with van der Waals surface area (Å²) in [7, 11) is 0. The molecule has 0 unspecified atom stereocenters. The number of hydrogen-bond acceptors (Lipinski definition) is 3. The zero-order valence-electron chi connectivity index (χ0n) is 13.6. The minimum atomic E-state index is 0.188. The van der Waals surface area contributed by atoms with Gasteiger partial charge in [0.05, 0.1) is 10.7 Å². The maximum Gasteiger partial charge on any atom is 0.247 e. The Morgan fingerprint density at radius 2 is 1.91 bits per heavy atom.